The van der Waals surface area contributed by atoms with E-state index in [-0.39, 0.29) is 25.5 Å². The number of amides is 1. The van der Waals surface area contributed by atoms with Crippen LogP contribution in [0.1, 0.15) is 32.4 Å². The van der Waals surface area contributed by atoms with Crippen molar-refractivity contribution in [3.8, 4) is 22.8 Å². The number of aryl methyl sites for hydroxylation is 2. The van der Waals surface area contributed by atoms with Crippen molar-refractivity contribution in [1.29, 1.82) is 0 Å². The normalized spacial score (nSPS) is 12.1. The van der Waals surface area contributed by atoms with Crippen LogP contribution in [0.15, 0.2) is 60.7 Å². The molecular weight excluding hydrogens is 504 g/mol. The summed E-state index contributed by atoms with van der Waals surface area (Å²) in [4.78, 5) is 23.8. The van der Waals surface area contributed by atoms with Gasteiger partial charge in [-0.3, -0.25) is 4.90 Å². The van der Waals surface area contributed by atoms with Gasteiger partial charge in [0.25, 0.3) is 0 Å². The molecule has 1 unspecified atom stereocenters. The highest BCUT2D eigenvalue weighted by atomic mass is 35.5. The summed E-state index contributed by atoms with van der Waals surface area (Å²) in [6, 6.07) is 19.5. The quantitative estimate of drug-likeness (QED) is 0.329. The summed E-state index contributed by atoms with van der Waals surface area (Å²) in [6.07, 6.45) is -1.20. The molecule has 4 aromatic rings. The molecule has 0 spiro atoms. The molecule has 2 heterocycles. The number of carbonyl (C=O) groups is 1. The average molecular weight is 539 g/mol. The van der Waals surface area contributed by atoms with Crippen molar-refractivity contribution in [2.24, 2.45) is 5.73 Å². The molecule has 4 rings (SSSR count). The molecule has 0 fully saturated rings. The Morgan fingerprint density at radius 3 is 1.87 bits per heavy atom. The summed E-state index contributed by atoms with van der Waals surface area (Å²) in [7, 11) is 0. The lowest BCUT2D eigenvalue weighted by Crippen LogP contribution is -2.51. The minimum Gasteiger partial charge on any atom is -0.444 e. The van der Waals surface area contributed by atoms with Crippen LogP contribution in [-0.2, 0) is 17.8 Å². The van der Waals surface area contributed by atoms with E-state index >= 15 is 0 Å². The summed E-state index contributed by atoms with van der Waals surface area (Å²) < 4.78 is 9.17. The molecule has 0 aliphatic carbocycles. The van der Waals surface area contributed by atoms with Crippen LogP contribution in [0.5, 0.6) is 0 Å². The zero-order valence-corrected chi connectivity index (χ0v) is 23.2. The van der Waals surface area contributed by atoms with E-state index in [0.29, 0.717) is 24.0 Å². The first-order valence-electron chi connectivity index (χ1n) is 12.3. The van der Waals surface area contributed by atoms with E-state index in [9.17, 15) is 4.79 Å². The van der Waals surface area contributed by atoms with Crippen molar-refractivity contribution in [1.82, 2.24) is 34.4 Å². The number of ether oxygens (including phenoxy) is 1. The van der Waals surface area contributed by atoms with Gasteiger partial charge in [0.05, 0.1) is 13.1 Å². The van der Waals surface area contributed by atoms with Gasteiger partial charge in [0.2, 0.25) is 0 Å². The first kappa shape index (κ1) is 28.8. The van der Waals surface area contributed by atoms with Crippen molar-refractivity contribution >= 4 is 18.5 Å². The van der Waals surface area contributed by atoms with Gasteiger partial charge in [-0.05, 0) is 34.6 Å². The molecular formula is C27H35ClN8O2. The minimum absolute atomic E-state index is 0. The smallest absolute Gasteiger partial charge is 0.411 e. The fourth-order valence-electron chi connectivity index (χ4n) is 3.84. The fraction of sp³-hybridized carbons (Fsp3) is 0.370. The Kier molecular flexibility index (Phi) is 9.24. The second-order valence-electron chi connectivity index (χ2n) is 9.84. The predicted octanol–water partition coefficient (Wildman–Crippen LogP) is 4.46. The van der Waals surface area contributed by atoms with Gasteiger partial charge in [-0.1, -0.05) is 60.7 Å². The van der Waals surface area contributed by atoms with E-state index in [1.165, 1.54) is 4.90 Å². The topological polar surface area (TPSA) is 117 Å². The van der Waals surface area contributed by atoms with Gasteiger partial charge in [-0.25, -0.2) is 24.1 Å². The lowest BCUT2D eigenvalue weighted by Gasteiger charge is -2.31. The fourth-order valence-corrected chi connectivity index (χ4v) is 3.84. The summed E-state index contributed by atoms with van der Waals surface area (Å²) in [5.41, 5.74) is 7.76. The minimum atomic E-state index is -0.698. The lowest BCUT2D eigenvalue weighted by atomic mass is 10.2. The van der Waals surface area contributed by atoms with Gasteiger partial charge in [0.15, 0.2) is 11.6 Å². The van der Waals surface area contributed by atoms with Crippen LogP contribution >= 0.6 is 12.4 Å². The summed E-state index contributed by atoms with van der Waals surface area (Å²) in [6.45, 7) is 10.2. The molecule has 2 aromatic heterocycles. The lowest BCUT2D eigenvalue weighted by molar-refractivity contribution is 0.0134. The summed E-state index contributed by atoms with van der Waals surface area (Å²) >= 11 is 0. The standard InChI is InChI=1S/C27H34N8O2.ClH/c1-19-29-24(21-12-8-6-9-13-21)31-34(19)17-16-33(26(36)37-27(3,4)5)23(28)18-35-20(2)30-25(32-35)22-14-10-7-11-15-22;/h6-15,23H,16-18,28H2,1-5H3;1H. The van der Waals surface area contributed by atoms with Gasteiger partial charge >= 0.3 is 6.09 Å². The second kappa shape index (κ2) is 12.2. The van der Waals surface area contributed by atoms with Gasteiger partial charge in [0.1, 0.15) is 23.4 Å². The van der Waals surface area contributed by atoms with E-state index in [2.05, 4.69) is 20.2 Å². The molecule has 11 heteroatoms. The average Bonchev–Trinajstić information content (AvgIpc) is 3.41. The Bertz CT molecular complexity index is 1330. The molecule has 0 saturated carbocycles. The van der Waals surface area contributed by atoms with Crippen molar-refractivity contribution in [2.45, 2.75) is 59.5 Å². The molecule has 0 aliphatic rings. The molecule has 1 atom stereocenters. The maximum atomic E-state index is 13.2. The molecule has 202 valence electrons. The summed E-state index contributed by atoms with van der Waals surface area (Å²) in [5, 5.41) is 9.26. The highest BCUT2D eigenvalue weighted by Gasteiger charge is 2.28. The number of nitrogens with zero attached hydrogens (tertiary/aromatic N) is 7. The van der Waals surface area contributed by atoms with E-state index < -0.39 is 17.9 Å². The first-order valence-corrected chi connectivity index (χ1v) is 12.3. The van der Waals surface area contributed by atoms with Crippen LogP contribution in [0, 0.1) is 13.8 Å². The van der Waals surface area contributed by atoms with Crippen LogP contribution in [0.4, 0.5) is 4.79 Å². The molecule has 1 amide bonds. The first-order chi connectivity index (χ1) is 17.6. The monoisotopic (exact) mass is 538 g/mol. The van der Waals surface area contributed by atoms with Crippen molar-refractivity contribution in [3.05, 3.63) is 72.3 Å². The number of hydrogen-bond donors (Lipinski definition) is 1. The van der Waals surface area contributed by atoms with Crippen LogP contribution in [0.3, 0.4) is 0 Å². The number of benzene rings is 2. The third-order valence-electron chi connectivity index (χ3n) is 5.72. The van der Waals surface area contributed by atoms with Crippen molar-refractivity contribution in [2.75, 3.05) is 6.54 Å². The molecule has 0 radical (unpaired) electrons. The zero-order chi connectivity index (χ0) is 26.6. The summed E-state index contributed by atoms with van der Waals surface area (Å²) in [5.74, 6) is 2.70. The number of nitrogens with two attached hydrogens (primary N) is 1. The molecule has 0 aliphatic heterocycles. The van der Waals surface area contributed by atoms with Gasteiger partial charge in [-0.2, -0.15) is 10.2 Å². The van der Waals surface area contributed by atoms with Crippen molar-refractivity contribution < 1.29 is 9.53 Å². The van der Waals surface area contributed by atoms with E-state index in [4.69, 9.17) is 10.5 Å². The molecule has 38 heavy (non-hydrogen) atoms. The molecule has 0 bridgehead atoms. The van der Waals surface area contributed by atoms with E-state index in [1.807, 2.05) is 95.3 Å². The predicted molar refractivity (Wildman–Crippen MR) is 149 cm³/mol. The van der Waals surface area contributed by atoms with Crippen LogP contribution in [0.2, 0.25) is 0 Å². The molecule has 10 nitrogen and oxygen atoms in total. The maximum Gasteiger partial charge on any atom is 0.411 e. The SMILES string of the molecule is Cc1nc(-c2ccccc2)nn1CCN(C(=O)OC(C)(C)C)C(N)Cn1nc(-c2ccccc2)nc1C.Cl. The largest absolute Gasteiger partial charge is 0.444 e. The molecule has 2 N–H and O–H groups in total. The maximum absolute atomic E-state index is 13.2. The Balaban J connectivity index is 0.00000400. The van der Waals surface area contributed by atoms with Gasteiger partial charge < -0.3 is 10.5 Å². The highest BCUT2D eigenvalue weighted by Crippen LogP contribution is 2.18. The third kappa shape index (κ3) is 7.17. The van der Waals surface area contributed by atoms with Crippen LogP contribution < -0.4 is 5.73 Å². The Hall–Kier alpha value is -3.76. The van der Waals surface area contributed by atoms with Gasteiger partial charge in [-0.15, -0.1) is 12.4 Å². The van der Waals surface area contributed by atoms with E-state index in [0.717, 1.165) is 17.0 Å². The Morgan fingerprint density at radius 1 is 0.895 bits per heavy atom. The highest BCUT2D eigenvalue weighted by molar-refractivity contribution is 5.85. The number of aromatic nitrogens is 6. The van der Waals surface area contributed by atoms with Crippen LogP contribution in [0.25, 0.3) is 22.8 Å². The number of carbonyl (C=O) groups excluding carboxylic acids is 1. The number of rotatable bonds is 8. The second-order valence-corrected chi connectivity index (χ2v) is 9.84. The number of hydrogen-bond acceptors (Lipinski definition) is 7. The number of halogens is 1. The third-order valence-corrected chi connectivity index (χ3v) is 5.72. The van der Waals surface area contributed by atoms with E-state index in [1.54, 1.807) is 9.36 Å². The van der Waals surface area contributed by atoms with Gasteiger partial charge in [0, 0.05) is 17.7 Å². The van der Waals surface area contributed by atoms with Crippen molar-refractivity contribution in [3.63, 3.8) is 0 Å². The Morgan fingerprint density at radius 2 is 1.37 bits per heavy atom. The molecule has 0 saturated heterocycles. The molecule has 2 aromatic carbocycles. The van der Waals surface area contributed by atoms with Crippen LogP contribution in [-0.4, -0.2) is 58.8 Å². The Labute approximate surface area is 229 Å². The zero-order valence-electron chi connectivity index (χ0n) is 22.4.